The highest BCUT2D eigenvalue weighted by molar-refractivity contribution is 6.03. The van der Waals surface area contributed by atoms with Gasteiger partial charge >= 0.3 is 0 Å². The smallest absolute Gasteiger partial charge is 0.276 e. The zero-order valence-corrected chi connectivity index (χ0v) is 15.2. The van der Waals surface area contributed by atoms with E-state index in [-0.39, 0.29) is 5.91 Å². The Labute approximate surface area is 149 Å². The molecule has 0 unspecified atom stereocenters. The van der Waals surface area contributed by atoms with Crippen LogP contribution in [0, 0.1) is 5.92 Å². The third-order valence-electron chi connectivity index (χ3n) is 4.60. The molecular formula is C20H28N4O. The molecule has 2 heterocycles. The standard InChI is InChI=1S/C20H28N4O/c1-15(2)12-17-13-19(23-22-17)20(25)21-18-9-5-4-8-16(18)14-24-10-6-3-7-11-24/h4-5,8-9,13,15H,3,6-7,10-12,14H2,1-2H3,(H,21,25)(H,22,23). The molecule has 25 heavy (non-hydrogen) atoms. The number of carbonyl (C=O) groups is 1. The number of H-pyrrole nitrogens is 1. The second-order valence-electron chi connectivity index (χ2n) is 7.32. The van der Waals surface area contributed by atoms with Gasteiger partial charge in [-0.2, -0.15) is 5.10 Å². The molecule has 2 aromatic rings. The summed E-state index contributed by atoms with van der Waals surface area (Å²) in [5.74, 6) is 0.374. The summed E-state index contributed by atoms with van der Waals surface area (Å²) >= 11 is 0. The topological polar surface area (TPSA) is 61.0 Å². The average molecular weight is 340 g/mol. The van der Waals surface area contributed by atoms with E-state index in [1.807, 2.05) is 24.3 Å². The van der Waals surface area contributed by atoms with Crippen molar-refractivity contribution in [3.05, 3.63) is 47.3 Å². The highest BCUT2D eigenvalue weighted by Gasteiger charge is 2.16. The van der Waals surface area contributed by atoms with Gasteiger partial charge in [0.05, 0.1) is 0 Å². The van der Waals surface area contributed by atoms with Crippen molar-refractivity contribution >= 4 is 11.6 Å². The molecule has 0 spiro atoms. The maximum Gasteiger partial charge on any atom is 0.276 e. The maximum atomic E-state index is 12.6. The van der Waals surface area contributed by atoms with Crippen molar-refractivity contribution < 1.29 is 4.79 Å². The Morgan fingerprint density at radius 1 is 1.24 bits per heavy atom. The lowest BCUT2D eigenvalue weighted by molar-refractivity contribution is 0.102. The van der Waals surface area contributed by atoms with Crippen molar-refractivity contribution in [1.82, 2.24) is 15.1 Å². The molecule has 5 heteroatoms. The fourth-order valence-electron chi connectivity index (χ4n) is 3.35. The van der Waals surface area contributed by atoms with Gasteiger partial charge in [0.1, 0.15) is 0 Å². The van der Waals surface area contributed by atoms with Crippen LogP contribution in [0.1, 0.15) is 54.9 Å². The van der Waals surface area contributed by atoms with Gasteiger partial charge in [-0.3, -0.25) is 14.8 Å². The number of benzene rings is 1. The fraction of sp³-hybridized carbons (Fsp3) is 0.500. The molecule has 5 nitrogen and oxygen atoms in total. The van der Waals surface area contributed by atoms with Crippen molar-refractivity contribution in [3.8, 4) is 0 Å². The van der Waals surface area contributed by atoms with Crippen molar-refractivity contribution in [3.63, 3.8) is 0 Å². The number of rotatable bonds is 6. The summed E-state index contributed by atoms with van der Waals surface area (Å²) in [5.41, 5.74) is 3.49. The Morgan fingerprint density at radius 3 is 2.76 bits per heavy atom. The summed E-state index contributed by atoms with van der Waals surface area (Å²) in [5, 5.41) is 10.2. The molecule has 134 valence electrons. The van der Waals surface area contributed by atoms with Crippen molar-refractivity contribution in [2.24, 2.45) is 5.92 Å². The Balaban J connectivity index is 1.67. The number of aromatic nitrogens is 2. The molecule has 0 bridgehead atoms. The van der Waals surface area contributed by atoms with Gasteiger partial charge in [-0.25, -0.2) is 0 Å². The first-order valence-corrected chi connectivity index (χ1v) is 9.27. The van der Waals surface area contributed by atoms with Gasteiger partial charge in [-0.1, -0.05) is 38.5 Å². The predicted molar refractivity (Wildman–Crippen MR) is 101 cm³/mol. The Bertz CT molecular complexity index is 701. The van der Waals surface area contributed by atoms with E-state index in [9.17, 15) is 4.79 Å². The summed E-state index contributed by atoms with van der Waals surface area (Å²) in [6.07, 6.45) is 4.75. The van der Waals surface area contributed by atoms with E-state index in [0.717, 1.165) is 43.0 Å². The van der Waals surface area contributed by atoms with E-state index in [4.69, 9.17) is 0 Å². The monoisotopic (exact) mass is 340 g/mol. The second kappa shape index (κ2) is 8.30. The molecule has 0 atom stereocenters. The minimum Gasteiger partial charge on any atom is -0.320 e. The number of hydrogen-bond acceptors (Lipinski definition) is 3. The van der Waals surface area contributed by atoms with Crippen LogP contribution in [0.15, 0.2) is 30.3 Å². The summed E-state index contributed by atoms with van der Waals surface area (Å²) < 4.78 is 0. The summed E-state index contributed by atoms with van der Waals surface area (Å²) in [6.45, 7) is 7.46. The molecule has 1 aliphatic heterocycles. The van der Waals surface area contributed by atoms with Crippen LogP contribution in [-0.2, 0) is 13.0 Å². The minimum atomic E-state index is -0.155. The molecule has 1 aromatic heterocycles. The number of nitrogens with one attached hydrogen (secondary N) is 2. The van der Waals surface area contributed by atoms with Gasteiger partial charge in [-0.05, 0) is 56.0 Å². The second-order valence-corrected chi connectivity index (χ2v) is 7.32. The van der Waals surface area contributed by atoms with Gasteiger partial charge in [0.15, 0.2) is 5.69 Å². The number of hydrogen-bond donors (Lipinski definition) is 2. The molecule has 1 amide bonds. The van der Waals surface area contributed by atoms with E-state index >= 15 is 0 Å². The fourth-order valence-corrected chi connectivity index (χ4v) is 3.35. The van der Waals surface area contributed by atoms with Crippen LogP contribution in [0.3, 0.4) is 0 Å². The van der Waals surface area contributed by atoms with Crippen LogP contribution in [0.4, 0.5) is 5.69 Å². The van der Waals surface area contributed by atoms with Gasteiger partial charge in [0.2, 0.25) is 0 Å². The van der Waals surface area contributed by atoms with Crippen LogP contribution >= 0.6 is 0 Å². The van der Waals surface area contributed by atoms with Crippen LogP contribution in [0.2, 0.25) is 0 Å². The zero-order valence-electron chi connectivity index (χ0n) is 15.2. The summed E-state index contributed by atoms with van der Waals surface area (Å²) in [7, 11) is 0. The summed E-state index contributed by atoms with van der Waals surface area (Å²) in [6, 6.07) is 9.91. The molecule has 1 aromatic carbocycles. The number of likely N-dealkylation sites (tertiary alicyclic amines) is 1. The van der Waals surface area contributed by atoms with E-state index < -0.39 is 0 Å². The molecule has 3 rings (SSSR count). The normalized spacial score (nSPS) is 15.5. The van der Waals surface area contributed by atoms with Crippen molar-refractivity contribution in [2.45, 2.75) is 46.1 Å². The molecule has 0 saturated carbocycles. The Morgan fingerprint density at radius 2 is 2.00 bits per heavy atom. The van der Waals surface area contributed by atoms with Crippen molar-refractivity contribution in [1.29, 1.82) is 0 Å². The van der Waals surface area contributed by atoms with Crippen molar-refractivity contribution in [2.75, 3.05) is 18.4 Å². The SMILES string of the molecule is CC(C)Cc1cc(C(=O)Nc2ccccc2CN2CCCCC2)n[nH]1. The largest absolute Gasteiger partial charge is 0.320 e. The lowest BCUT2D eigenvalue weighted by Gasteiger charge is -2.27. The lowest BCUT2D eigenvalue weighted by Crippen LogP contribution is -2.29. The third-order valence-corrected chi connectivity index (χ3v) is 4.60. The van der Waals surface area contributed by atoms with Gasteiger partial charge in [0, 0.05) is 17.9 Å². The maximum absolute atomic E-state index is 12.6. The quantitative estimate of drug-likeness (QED) is 0.840. The predicted octanol–water partition coefficient (Wildman–Crippen LogP) is 3.85. The number of carbonyl (C=O) groups excluding carboxylic acids is 1. The number of para-hydroxylation sites is 1. The third kappa shape index (κ3) is 4.92. The van der Waals surface area contributed by atoms with Crippen LogP contribution < -0.4 is 5.32 Å². The number of piperidine rings is 1. The molecule has 1 fully saturated rings. The molecule has 2 N–H and O–H groups in total. The molecule has 0 radical (unpaired) electrons. The van der Waals surface area contributed by atoms with E-state index in [1.165, 1.54) is 19.3 Å². The van der Waals surface area contributed by atoms with Gasteiger partial charge in [0.25, 0.3) is 5.91 Å². The van der Waals surface area contributed by atoms with E-state index in [2.05, 4.69) is 40.3 Å². The Hall–Kier alpha value is -2.14. The first-order valence-electron chi connectivity index (χ1n) is 9.27. The highest BCUT2D eigenvalue weighted by atomic mass is 16.1. The van der Waals surface area contributed by atoms with Gasteiger partial charge < -0.3 is 5.32 Å². The zero-order chi connectivity index (χ0) is 17.6. The average Bonchev–Trinajstić information content (AvgIpc) is 3.05. The van der Waals surface area contributed by atoms with E-state index in [1.54, 1.807) is 0 Å². The number of nitrogens with zero attached hydrogens (tertiary/aromatic N) is 2. The Kier molecular flexibility index (Phi) is 5.87. The molecule has 1 aliphatic rings. The van der Waals surface area contributed by atoms with Gasteiger partial charge in [-0.15, -0.1) is 0 Å². The number of anilines is 1. The molecule has 0 aliphatic carbocycles. The van der Waals surface area contributed by atoms with E-state index in [0.29, 0.717) is 11.6 Å². The first kappa shape index (κ1) is 17.7. The van der Waals surface area contributed by atoms with Crippen LogP contribution in [-0.4, -0.2) is 34.1 Å². The number of aromatic amines is 1. The molecule has 1 saturated heterocycles. The highest BCUT2D eigenvalue weighted by Crippen LogP contribution is 2.20. The lowest BCUT2D eigenvalue weighted by atomic mass is 10.1. The number of amides is 1. The first-order chi connectivity index (χ1) is 12.1. The van der Waals surface area contributed by atoms with Crippen LogP contribution in [0.5, 0.6) is 0 Å². The minimum absolute atomic E-state index is 0.155. The molecular weight excluding hydrogens is 312 g/mol. The van der Waals surface area contributed by atoms with Crippen LogP contribution in [0.25, 0.3) is 0 Å². The summed E-state index contributed by atoms with van der Waals surface area (Å²) in [4.78, 5) is 15.0.